The van der Waals surface area contributed by atoms with Crippen molar-refractivity contribution in [2.24, 2.45) is 0 Å². The van der Waals surface area contributed by atoms with Crippen molar-refractivity contribution in [2.45, 2.75) is 52.1 Å². The van der Waals surface area contributed by atoms with Crippen LogP contribution < -0.4 is 5.32 Å². The maximum absolute atomic E-state index is 12.5. The standard InChI is InChI=1S/C11H15F2N3O2.C7H6F2O/c1-6-3-4-9(18-6)10(17)14-8-5-16(11(12)13)15-7(8)2;8-6-3-1-2-5(4-10)7(6)9/h5-6,9,11H,3-4H2,1-2H3,(H,14,17);1-3,10H,4H2. The summed E-state index contributed by atoms with van der Waals surface area (Å²) in [7, 11) is 0. The van der Waals surface area contributed by atoms with Gasteiger partial charge in [0.1, 0.15) is 6.10 Å². The number of hydrogen-bond donors (Lipinski definition) is 2. The largest absolute Gasteiger partial charge is 0.392 e. The fraction of sp³-hybridized carbons (Fsp3) is 0.444. The average molecular weight is 403 g/mol. The van der Waals surface area contributed by atoms with E-state index in [1.54, 1.807) is 6.92 Å². The molecule has 6 nitrogen and oxygen atoms in total. The Kier molecular flexibility index (Phi) is 7.53. The smallest absolute Gasteiger partial charge is 0.333 e. The molecule has 1 saturated heterocycles. The molecular weight excluding hydrogens is 382 g/mol. The number of anilines is 1. The molecule has 3 rings (SSSR count). The minimum atomic E-state index is -2.71. The molecule has 1 aromatic carbocycles. The number of benzene rings is 1. The van der Waals surface area contributed by atoms with Crippen molar-refractivity contribution in [3.05, 3.63) is 47.3 Å². The number of ether oxygens (including phenoxy) is 1. The molecule has 0 aliphatic carbocycles. The van der Waals surface area contributed by atoms with Gasteiger partial charge in [0.2, 0.25) is 0 Å². The zero-order valence-corrected chi connectivity index (χ0v) is 15.3. The number of halogens is 4. The van der Waals surface area contributed by atoms with E-state index in [1.165, 1.54) is 12.1 Å². The average Bonchev–Trinajstić information content (AvgIpc) is 3.24. The van der Waals surface area contributed by atoms with Crippen LogP contribution >= 0.6 is 0 Å². The molecule has 0 bridgehead atoms. The van der Waals surface area contributed by atoms with E-state index in [9.17, 15) is 22.4 Å². The highest BCUT2D eigenvalue weighted by Gasteiger charge is 2.28. The number of rotatable bonds is 4. The monoisotopic (exact) mass is 403 g/mol. The highest BCUT2D eigenvalue weighted by atomic mass is 19.3. The van der Waals surface area contributed by atoms with Crippen molar-refractivity contribution in [1.29, 1.82) is 0 Å². The van der Waals surface area contributed by atoms with Gasteiger partial charge >= 0.3 is 6.55 Å². The lowest BCUT2D eigenvalue weighted by Gasteiger charge is -2.10. The Morgan fingerprint density at radius 1 is 1.39 bits per heavy atom. The van der Waals surface area contributed by atoms with Gasteiger partial charge in [0.15, 0.2) is 11.6 Å². The fourth-order valence-electron chi connectivity index (χ4n) is 2.58. The highest BCUT2D eigenvalue weighted by molar-refractivity contribution is 5.94. The minimum Gasteiger partial charge on any atom is -0.392 e. The van der Waals surface area contributed by atoms with Gasteiger partial charge in [-0.25, -0.2) is 13.5 Å². The van der Waals surface area contributed by atoms with Gasteiger partial charge in [-0.1, -0.05) is 12.1 Å². The van der Waals surface area contributed by atoms with E-state index in [-0.39, 0.29) is 17.6 Å². The van der Waals surface area contributed by atoms with E-state index < -0.39 is 30.9 Å². The predicted octanol–water partition coefficient (Wildman–Crippen LogP) is 3.55. The number of amides is 1. The van der Waals surface area contributed by atoms with Crippen molar-refractivity contribution in [1.82, 2.24) is 9.78 Å². The lowest BCUT2D eigenvalue weighted by molar-refractivity contribution is -0.126. The van der Waals surface area contributed by atoms with Crippen LogP contribution in [0, 0.1) is 18.6 Å². The van der Waals surface area contributed by atoms with Gasteiger partial charge in [0.05, 0.1) is 30.3 Å². The van der Waals surface area contributed by atoms with E-state index in [0.717, 1.165) is 18.7 Å². The Bertz CT molecular complexity index is 813. The van der Waals surface area contributed by atoms with Crippen LogP contribution in [0.5, 0.6) is 0 Å². The van der Waals surface area contributed by atoms with Crippen molar-refractivity contribution >= 4 is 11.6 Å². The van der Waals surface area contributed by atoms with E-state index >= 15 is 0 Å². The molecular formula is C18H21F4N3O3. The van der Waals surface area contributed by atoms with E-state index in [0.29, 0.717) is 22.5 Å². The molecule has 2 N–H and O–H groups in total. The Balaban J connectivity index is 0.000000237. The summed E-state index contributed by atoms with van der Waals surface area (Å²) in [5.74, 6) is -2.20. The minimum absolute atomic E-state index is 0.0139. The lowest BCUT2D eigenvalue weighted by Crippen LogP contribution is -2.27. The van der Waals surface area contributed by atoms with Crippen LogP contribution in [0.25, 0.3) is 0 Å². The van der Waals surface area contributed by atoms with Crippen molar-refractivity contribution in [2.75, 3.05) is 5.32 Å². The van der Waals surface area contributed by atoms with Crippen molar-refractivity contribution in [3.8, 4) is 0 Å². The third-order valence-electron chi connectivity index (χ3n) is 4.10. The van der Waals surface area contributed by atoms with Gasteiger partial charge < -0.3 is 15.2 Å². The maximum Gasteiger partial charge on any atom is 0.333 e. The quantitative estimate of drug-likeness (QED) is 0.766. The summed E-state index contributed by atoms with van der Waals surface area (Å²) in [6.07, 6.45) is 2.15. The molecule has 0 radical (unpaired) electrons. The Morgan fingerprint density at radius 3 is 2.61 bits per heavy atom. The second kappa shape index (κ2) is 9.65. The van der Waals surface area contributed by atoms with Crippen LogP contribution in [0.4, 0.5) is 23.2 Å². The summed E-state index contributed by atoms with van der Waals surface area (Å²) in [6, 6.07) is 3.69. The van der Waals surface area contributed by atoms with Crippen LogP contribution in [0.15, 0.2) is 24.4 Å². The number of hydrogen-bond acceptors (Lipinski definition) is 4. The van der Waals surface area contributed by atoms with Gasteiger partial charge in [0.25, 0.3) is 5.91 Å². The SMILES string of the molecule is Cc1nn(C(F)F)cc1NC(=O)C1CCC(C)O1.OCc1cccc(F)c1F. The number of carbonyl (C=O) groups excluding carboxylic acids is 1. The first kappa shape index (κ1) is 21.8. The van der Waals surface area contributed by atoms with E-state index in [2.05, 4.69) is 10.4 Å². The molecule has 2 unspecified atom stereocenters. The first-order valence-electron chi connectivity index (χ1n) is 8.56. The molecule has 1 aromatic heterocycles. The van der Waals surface area contributed by atoms with Crippen LogP contribution in [-0.4, -0.2) is 33.0 Å². The molecule has 0 saturated carbocycles. The summed E-state index contributed by atoms with van der Waals surface area (Å²) < 4.78 is 55.5. The second-order valence-electron chi connectivity index (χ2n) is 6.26. The van der Waals surface area contributed by atoms with E-state index in [1.807, 2.05) is 6.92 Å². The van der Waals surface area contributed by atoms with Crippen LogP contribution in [0.3, 0.4) is 0 Å². The molecule has 1 amide bonds. The molecule has 1 aliphatic heterocycles. The molecule has 1 fully saturated rings. The number of carbonyl (C=O) groups is 1. The van der Waals surface area contributed by atoms with Crippen LogP contribution in [-0.2, 0) is 16.1 Å². The molecule has 0 spiro atoms. The summed E-state index contributed by atoms with van der Waals surface area (Å²) in [6.45, 7) is 0.279. The van der Waals surface area contributed by atoms with Crippen molar-refractivity contribution in [3.63, 3.8) is 0 Å². The van der Waals surface area contributed by atoms with Gasteiger partial charge in [-0.3, -0.25) is 4.79 Å². The van der Waals surface area contributed by atoms with Crippen molar-refractivity contribution < 1.29 is 32.2 Å². The second-order valence-corrected chi connectivity index (χ2v) is 6.26. The first-order chi connectivity index (χ1) is 13.2. The number of aliphatic hydroxyl groups is 1. The normalized spacial score (nSPS) is 18.7. The molecule has 2 atom stereocenters. The maximum atomic E-state index is 12.5. The van der Waals surface area contributed by atoms with Gasteiger partial charge in [-0.05, 0) is 32.8 Å². The van der Waals surface area contributed by atoms with Gasteiger partial charge in [0, 0.05) is 5.56 Å². The lowest BCUT2D eigenvalue weighted by atomic mass is 10.2. The number of aromatic nitrogens is 2. The van der Waals surface area contributed by atoms with Crippen LogP contribution in [0.2, 0.25) is 0 Å². The van der Waals surface area contributed by atoms with Gasteiger partial charge in [-0.2, -0.15) is 13.9 Å². The van der Waals surface area contributed by atoms with Gasteiger partial charge in [-0.15, -0.1) is 0 Å². The summed E-state index contributed by atoms with van der Waals surface area (Å²) in [5.41, 5.74) is 0.637. The van der Waals surface area contributed by atoms with E-state index in [4.69, 9.17) is 9.84 Å². The Hall–Kier alpha value is -2.46. The first-order valence-corrected chi connectivity index (χ1v) is 8.56. The third kappa shape index (κ3) is 5.52. The molecule has 2 aromatic rings. The Labute approximate surface area is 159 Å². The van der Waals surface area contributed by atoms with Crippen LogP contribution in [0.1, 0.15) is 37.6 Å². The molecule has 28 heavy (non-hydrogen) atoms. The summed E-state index contributed by atoms with van der Waals surface area (Å²) in [5, 5.41) is 14.6. The number of alkyl halides is 2. The number of aryl methyl sites for hydroxylation is 1. The zero-order chi connectivity index (χ0) is 20.8. The molecule has 154 valence electrons. The summed E-state index contributed by atoms with van der Waals surface area (Å²) in [4.78, 5) is 11.8. The highest BCUT2D eigenvalue weighted by Crippen LogP contribution is 2.22. The number of nitrogens with zero attached hydrogens (tertiary/aromatic N) is 2. The molecule has 2 heterocycles. The topological polar surface area (TPSA) is 76.4 Å². The number of nitrogens with one attached hydrogen (secondary N) is 1. The number of aliphatic hydroxyl groups excluding tert-OH is 1. The molecule has 1 aliphatic rings. The molecule has 10 heteroatoms. The Morgan fingerprint density at radius 2 is 2.11 bits per heavy atom. The third-order valence-corrected chi connectivity index (χ3v) is 4.10. The predicted molar refractivity (Wildman–Crippen MR) is 92.7 cm³/mol. The zero-order valence-electron chi connectivity index (χ0n) is 15.3. The summed E-state index contributed by atoms with van der Waals surface area (Å²) >= 11 is 0. The fourth-order valence-corrected chi connectivity index (χ4v) is 2.58.